The lowest BCUT2D eigenvalue weighted by atomic mass is 10.2. The van der Waals surface area contributed by atoms with Crippen LogP contribution in [0, 0.1) is 0 Å². The van der Waals surface area contributed by atoms with Gasteiger partial charge < -0.3 is 14.4 Å². The van der Waals surface area contributed by atoms with Gasteiger partial charge in [-0.15, -0.1) is 11.3 Å². The number of nitrogens with zero attached hydrogens (tertiary/aromatic N) is 2. The summed E-state index contributed by atoms with van der Waals surface area (Å²) >= 11 is 4.95. The van der Waals surface area contributed by atoms with Crippen LogP contribution >= 0.6 is 27.3 Å². The van der Waals surface area contributed by atoms with E-state index in [0.717, 1.165) is 20.9 Å². The third-order valence-corrected chi connectivity index (χ3v) is 5.35. The fourth-order valence-corrected chi connectivity index (χ4v) is 3.70. The number of hydrogen-bond donors (Lipinski definition) is 0. The van der Waals surface area contributed by atoms with Crippen LogP contribution < -0.4 is 4.74 Å². The topological polar surface area (TPSA) is 51.7 Å². The second-order valence-corrected chi connectivity index (χ2v) is 7.92. The highest BCUT2D eigenvalue weighted by Crippen LogP contribution is 2.18. The van der Waals surface area contributed by atoms with Gasteiger partial charge in [0.25, 0.3) is 5.91 Å². The molecule has 0 fully saturated rings. The van der Waals surface area contributed by atoms with Crippen LogP contribution in [-0.4, -0.2) is 36.1 Å². The summed E-state index contributed by atoms with van der Waals surface area (Å²) in [7, 11) is 1.63. The maximum Gasteiger partial charge on any atom is 0.254 e. The van der Waals surface area contributed by atoms with E-state index >= 15 is 0 Å². The van der Waals surface area contributed by atoms with Crippen molar-refractivity contribution in [3.8, 4) is 5.75 Å². The second kappa shape index (κ2) is 10.4. The molecular formula is C21H21BrN2O3S. The van der Waals surface area contributed by atoms with Crippen molar-refractivity contribution in [3.05, 3.63) is 80.7 Å². The number of thiazole rings is 1. The Morgan fingerprint density at radius 2 is 2.00 bits per heavy atom. The van der Waals surface area contributed by atoms with Crippen LogP contribution in [0.5, 0.6) is 5.75 Å². The van der Waals surface area contributed by atoms with Gasteiger partial charge in [-0.1, -0.05) is 40.2 Å². The molecule has 0 aliphatic carbocycles. The van der Waals surface area contributed by atoms with E-state index in [1.807, 2.05) is 60.0 Å². The van der Waals surface area contributed by atoms with Crippen molar-refractivity contribution >= 4 is 33.2 Å². The van der Waals surface area contributed by atoms with Crippen LogP contribution in [0.4, 0.5) is 0 Å². The normalized spacial score (nSPS) is 10.6. The van der Waals surface area contributed by atoms with Crippen molar-refractivity contribution < 1.29 is 14.3 Å². The first-order valence-corrected chi connectivity index (χ1v) is 10.5. The summed E-state index contributed by atoms with van der Waals surface area (Å²) in [6, 6.07) is 17.0. The van der Waals surface area contributed by atoms with E-state index < -0.39 is 0 Å². The Labute approximate surface area is 177 Å². The Morgan fingerprint density at radius 1 is 1.18 bits per heavy atom. The third-order valence-electron chi connectivity index (χ3n) is 3.98. The largest absolute Gasteiger partial charge is 0.486 e. The minimum atomic E-state index is -0.0477. The molecule has 0 unspecified atom stereocenters. The summed E-state index contributed by atoms with van der Waals surface area (Å²) in [4.78, 5) is 19.3. The fraction of sp³-hybridized carbons (Fsp3) is 0.238. The number of halogens is 1. The summed E-state index contributed by atoms with van der Waals surface area (Å²) < 4.78 is 11.8. The van der Waals surface area contributed by atoms with E-state index in [1.165, 1.54) is 11.3 Å². The predicted molar refractivity (Wildman–Crippen MR) is 114 cm³/mol. The zero-order valence-corrected chi connectivity index (χ0v) is 17.9. The van der Waals surface area contributed by atoms with Crippen LogP contribution in [0.25, 0.3) is 0 Å². The molecule has 0 N–H and O–H groups in total. The molecule has 0 radical (unpaired) electrons. The third kappa shape index (κ3) is 5.89. The van der Waals surface area contributed by atoms with E-state index in [2.05, 4.69) is 20.9 Å². The van der Waals surface area contributed by atoms with Gasteiger partial charge in [-0.3, -0.25) is 4.79 Å². The molecule has 0 aliphatic heterocycles. The minimum absolute atomic E-state index is 0.0477. The van der Waals surface area contributed by atoms with Gasteiger partial charge in [-0.25, -0.2) is 4.98 Å². The lowest BCUT2D eigenvalue weighted by Gasteiger charge is -2.21. The first-order valence-electron chi connectivity index (χ1n) is 8.80. The number of aromatic nitrogens is 1. The van der Waals surface area contributed by atoms with Gasteiger partial charge in [0.05, 0.1) is 18.8 Å². The van der Waals surface area contributed by atoms with Gasteiger partial charge in [0.2, 0.25) is 0 Å². The van der Waals surface area contributed by atoms with Crippen LogP contribution in [0.2, 0.25) is 0 Å². The minimum Gasteiger partial charge on any atom is -0.486 e. The highest BCUT2D eigenvalue weighted by atomic mass is 79.9. The summed E-state index contributed by atoms with van der Waals surface area (Å²) in [5.41, 5.74) is 1.48. The van der Waals surface area contributed by atoms with Crippen molar-refractivity contribution in [1.82, 2.24) is 9.88 Å². The standard InChI is InChI=1S/C21H21BrN2O3S/c1-26-11-10-24(21(25)16-6-5-7-17(22)12-16)13-18-15-28-20(23-18)14-27-19-8-3-2-4-9-19/h2-9,12,15H,10-11,13-14H2,1H3. The number of methoxy groups -OCH3 is 1. The Morgan fingerprint density at radius 3 is 2.75 bits per heavy atom. The number of benzene rings is 2. The van der Waals surface area contributed by atoms with Crippen molar-refractivity contribution in [2.45, 2.75) is 13.2 Å². The summed E-state index contributed by atoms with van der Waals surface area (Å²) in [5.74, 6) is 0.763. The average Bonchev–Trinajstić information content (AvgIpc) is 3.17. The van der Waals surface area contributed by atoms with Gasteiger partial charge >= 0.3 is 0 Å². The van der Waals surface area contributed by atoms with Crippen LogP contribution in [0.3, 0.4) is 0 Å². The van der Waals surface area contributed by atoms with Crippen molar-refractivity contribution in [2.24, 2.45) is 0 Å². The SMILES string of the molecule is COCCN(Cc1csc(COc2ccccc2)n1)C(=O)c1cccc(Br)c1. The van der Waals surface area contributed by atoms with Crippen molar-refractivity contribution in [1.29, 1.82) is 0 Å². The molecule has 28 heavy (non-hydrogen) atoms. The van der Waals surface area contributed by atoms with E-state index in [0.29, 0.717) is 31.9 Å². The second-order valence-electron chi connectivity index (χ2n) is 6.06. The summed E-state index contributed by atoms with van der Waals surface area (Å²) in [5, 5.41) is 2.85. The molecular weight excluding hydrogens is 440 g/mol. The van der Waals surface area contributed by atoms with Gasteiger partial charge in [0.15, 0.2) is 0 Å². The highest BCUT2D eigenvalue weighted by molar-refractivity contribution is 9.10. The first-order chi connectivity index (χ1) is 13.7. The van der Waals surface area contributed by atoms with Crippen LogP contribution in [-0.2, 0) is 17.9 Å². The average molecular weight is 461 g/mol. The van der Waals surface area contributed by atoms with Gasteiger partial charge in [-0.05, 0) is 30.3 Å². The molecule has 3 rings (SSSR count). The van der Waals surface area contributed by atoms with Gasteiger partial charge in [0.1, 0.15) is 17.4 Å². The highest BCUT2D eigenvalue weighted by Gasteiger charge is 2.18. The maximum absolute atomic E-state index is 12.9. The molecule has 5 nitrogen and oxygen atoms in total. The monoisotopic (exact) mass is 460 g/mol. The number of ether oxygens (including phenoxy) is 2. The Balaban J connectivity index is 1.65. The van der Waals surface area contributed by atoms with Crippen molar-refractivity contribution in [3.63, 3.8) is 0 Å². The molecule has 1 heterocycles. The quantitative estimate of drug-likeness (QED) is 0.461. The van der Waals surface area contributed by atoms with E-state index in [-0.39, 0.29) is 5.91 Å². The van der Waals surface area contributed by atoms with E-state index in [1.54, 1.807) is 12.0 Å². The molecule has 1 amide bonds. The molecule has 7 heteroatoms. The van der Waals surface area contributed by atoms with Gasteiger partial charge in [0, 0.05) is 29.1 Å². The molecule has 2 aromatic carbocycles. The number of hydrogen-bond acceptors (Lipinski definition) is 5. The Bertz CT molecular complexity index is 901. The Kier molecular flexibility index (Phi) is 7.59. The number of rotatable bonds is 9. The van der Waals surface area contributed by atoms with Crippen LogP contribution in [0.15, 0.2) is 64.5 Å². The fourth-order valence-electron chi connectivity index (χ4n) is 2.60. The summed E-state index contributed by atoms with van der Waals surface area (Å²) in [6.45, 7) is 1.80. The van der Waals surface area contributed by atoms with Gasteiger partial charge in [-0.2, -0.15) is 0 Å². The molecule has 1 aromatic heterocycles. The maximum atomic E-state index is 12.9. The zero-order chi connectivity index (χ0) is 19.8. The number of para-hydroxylation sites is 1. The number of carbonyl (C=O) groups excluding carboxylic acids is 1. The molecule has 0 saturated carbocycles. The Hall–Kier alpha value is -2.22. The molecule has 0 atom stereocenters. The number of carbonyl (C=O) groups is 1. The molecule has 0 bridgehead atoms. The van der Waals surface area contributed by atoms with Crippen LogP contribution in [0.1, 0.15) is 21.1 Å². The zero-order valence-electron chi connectivity index (χ0n) is 15.5. The number of amides is 1. The summed E-state index contributed by atoms with van der Waals surface area (Å²) in [6.07, 6.45) is 0. The lowest BCUT2D eigenvalue weighted by molar-refractivity contribution is 0.0678. The van der Waals surface area contributed by atoms with E-state index in [4.69, 9.17) is 9.47 Å². The molecule has 0 aliphatic rings. The molecule has 0 spiro atoms. The molecule has 3 aromatic rings. The van der Waals surface area contributed by atoms with Crippen molar-refractivity contribution in [2.75, 3.05) is 20.3 Å². The molecule has 0 saturated heterocycles. The van der Waals surface area contributed by atoms with E-state index in [9.17, 15) is 4.79 Å². The molecule has 146 valence electrons. The smallest absolute Gasteiger partial charge is 0.254 e. The first kappa shape index (κ1) is 20.5. The predicted octanol–water partition coefficient (Wildman–Crippen LogP) is 4.77. The lowest BCUT2D eigenvalue weighted by Crippen LogP contribution is -2.33.